The zero-order valence-corrected chi connectivity index (χ0v) is 12.1. The van der Waals surface area contributed by atoms with E-state index in [2.05, 4.69) is 44.2 Å². The average molecular weight is 305 g/mol. The van der Waals surface area contributed by atoms with Crippen LogP contribution in [0.3, 0.4) is 0 Å². The molecule has 14 heavy (non-hydrogen) atoms. The molecule has 0 amide bonds. The van der Waals surface area contributed by atoms with Crippen LogP contribution in [0.5, 0.6) is 0 Å². The molecule has 0 heterocycles. The summed E-state index contributed by atoms with van der Waals surface area (Å²) in [6.45, 7) is 4.29. The van der Waals surface area contributed by atoms with Crippen LogP contribution in [0.4, 0.5) is 0 Å². The maximum atomic E-state index is 2.24. The Kier molecular flexibility index (Phi) is 8.02. The molecule has 0 aliphatic carbocycles. The van der Waals surface area contributed by atoms with Gasteiger partial charge in [0, 0.05) is 0 Å². The van der Waals surface area contributed by atoms with Gasteiger partial charge in [-0.2, -0.15) is 11.6 Å². The Morgan fingerprint density at radius 3 is 2.36 bits per heavy atom. The van der Waals surface area contributed by atoms with Crippen LogP contribution in [-0.2, 0) is 26.2 Å². The molecule has 0 aliphatic heterocycles. The normalized spacial score (nSPS) is 8.43. The van der Waals surface area contributed by atoms with Gasteiger partial charge in [0.2, 0.25) is 0 Å². The van der Waals surface area contributed by atoms with Crippen LogP contribution in [0, 0.1) is 13.8 Å². The van der Waals surface area contributed by atoms with Crippen LogP contribution in [-0.4, -0.2) is 0 Å². The van der Waals surface area contributed by atoms with E-state index in [1.807, 2.05) is 0 Å². The Morgan fingerprint density at radius 2 is 1.71 bits per heavy atom. The summed E-state index contributed by atoms with van der Waals surface area (Å²) in [5.74, 6) is 0. The molecule has 0 unspecified atom stereocenters. The SMILES string of the molecule is Cc1ccc2[cH-]cc(C)c2c1.[Cl-].[Cl-].[Zr+3]. The third kappa shape index (κ3) is 3.15. The van der Waals surface area contributed by atoms with E-state index in [1.54, 1.807) is 0 Å². The molecule has 3 heteroatoms. The molecule has 2 rings (SSSR count). The van der Waals surface area contributed by atoms with Gasteiger partial charge in [0.25, 0.3) is 0 Å². The molecule has 0 aliphatic rings. The van der Waals surface area contributed by atoms with Gasteiger partial charge in [-0.15, -0.1) is 35.0 Å². The van der Waals surface area contributed by atoms with Gasteiger partial charge >= 0.3 is 26.2 Å². The van der Waals surface area contributed by atoms with Gasteiger partial charge in [0.05, 0.1) is 0 Å². The van der Waals surface area contributed by atoms with Crippen LogP contribution in [0.25, 0.3) is 10.8 Å². The number of halogens is 2. The van der Waals surface area contributed by atoms with Gasteiger partial charge in [-0.1, -0.05) is 12.5 Å². The molecule has 0 atom stereocenters. The minimum atomic E-state index is 0. The van der Waals surface area contributed by atoms with Gasteiger partial charge in [-0.25, -0.2) is 0 Å². The molecule has 1 radical (unpaired) electrons. The summed E-state index contributed by atoms with van der Waals surface area (Å²) in [5, 5.41) is 2.75. The number of aryl methyl sites for hydroxylation is 2. The fourth-order valence-corrected chi connectivity index (χ4v) is 1.46. The first-order valence-corrected chi connectivity index (χ1v) is 3.90. The molecule has 2 aromatic rings. The van der Waals surface area contributed by atoms with E-state index in [0.717, 1.165) is 0 Å². The monoisotopic (exact) mass is 303 g/mol. The van der Waals surface area contributed by atoms with E-state index in [1.165, 1.54) is 21.9 Å². The molecule has 0 saturated heterocycles. The van der Waals surface area contributed by atoms with Gasteiger partial charge in [0.15, 0.2) is 0 Å². The first-order valence-electron chi connectivity index (χ1n) is 3.90. The minimum Gasteiger partial charge on any atom is -1.00 e. The summed E-state index contributed by atoms with van der Waals surface area (Å²) in [7, 11) is 0. The molecule has 0 spiro atoms. The minimum absolute atomic E-state index is 0. The molecule has 2 aromatic carbocycles. The fraction of sp³-hybridized carbons (Fsp3) is 0.182. The van der Waals surface area contributed by atoms with Crippen molar-refractivity contribution in [3.8, 4) is 0 Å². The van der Waals surface area contributed by atoms with E-state index in [-0.39, 0.29) is 51.0 Å². The molecule has 0 nitrogen and oxygen atoms in total. The standard InChI is InChI=1S/C11H11.2ClH.Zr/c1-8-3-5-10-6-4-9(2)11(10)7-8;;;/h3-7H,1-2H3;2*1H;/q-1;;;+3/p-2. The maximum absolute atomic E-state index is 2.24. The van der Waals surface area contributed by atoms with Gasteiger partial charge < -0.3 is 24.8 Å². The summed E-state index contributed by atoms with van der Waals surface area (Å²) >= 11 is 0. The fourth-order valence-electron chi connectivity index (χ4n) is 1.46. The molecule has 0 aromatic heterocycles. The summed E-state index contributed by atoms with van der Waals surface area (Å²) in [6, 6.07) is 10.9. The van der Waals surface area contributed by atoms with Crippen molar-refractivity contribution < 1.29 is 51.0 Å². The molecule has 0 saturated carbocycles. The number of fused-ring (bicyclic) bond motifs is 1. The van der Waals surface area contributed by atoms with Crippen molar-refractivity contribution in [3.63, 3.8) is 0 Å². The molecule has 0 N–H and O–H groups in total. The van der Waals surface area contributed by atoms with Crippen molar-refractivity contribution in [1.29, 1.82) is 0 Å². The van der Waals surface area contributed by atoms with E-state index >= 15 is 0 Å². The second kappa shape index (κ2) is 6.72. The van der Waals surface area contributed by atoms with Crippen molar-refractivity contribution in [2.75, 3.05) is 0 Å². The van der Waals surface area contributed by atoms with Gasteiger partial charge in [-0.05, 0) is 6.92 Å². The van der Waals surface area contributed by atoms with E-state index in [9.17, 15) is 0 Å². The predicted octanol–water partition coefficient (Wildman–Crippen LogP) is -2.82. The molecule has 73 valence electrons. The Bertz CT molecular complexity index is 393. The third-order valence-corrected chi connectivity index (χ3v) is 2.15. The van der Waals surface area contributed by atoms with Crippen LogP contribution in [0.2, 0.25) is 0 Å². The van der Waals surface area contributed by atoms with E-state index in [4.69, 9.17) is 0 Å². The first kappa shape index (κ1) is 16.7. The van der Waals surface area contributed by atoms with Gasteiger partial charge in [0.1, 0.15) is 0 Å². The van der Waals surface area contributed by atoms with Crippen LogP contribution < -0.4 is 24.8 Å². The second-order valence-electron chi connectivity index (χ2n) is 3.11. The van der Waals surface area contributed by atoms with Crippen LogP contribution in [0.1, 0.15) is 11.1 Å². The topological polar surface area (TPSA) is 0 Å². The molecule has 0 fully saturated rings. The van der Waals surface area contributed by atoms with Crippen molar-refractivity contribution in [1.82, 2.24) is 0 Å². The molecular formula is C11H11Cl2Zr. The van der Waals surface area contributed by atoms with E-state index in [0.29, 0.717) is 0 Å². The number of hydrogen-bond donors (Lipinski definition) is 0. The van der Waals surface area contributed by atoms with Crippen LogP contribution >= 0.6 is 0 Å². The quantitative estimate of drug-likeness (QED) is 0.461. The second-order valence-corrected chi connectivity index (χ2v) is 3.11. The Labute approximate surface area is 116 Å². The summed E-state index contributed by atoms with van der Waals surface area (Å²) in [4.78, 5) is 0. The molecular weight excluding hydrogens is 294 g/mol. The largest absolute Gasteiger partial charge is 3.00 e. The zero-order valence-electron chi connectivity index (χ0n) is 8.14. The van der Waals surface area contributed by atoms with Gasteiger partial charge in [-0.3, -0.25) is 0 Å². The van der Waals surface area contributed by atoms with Crippen molar-refractivity contribution in [2.24, 2.45) is 0 Å². The maximum Gasteiger partial charge on any atom is 3.00 e. The smallest absolute Gasteiger partial charge is 1.00 e. The molecule has 0 bridgehead atoms. The van der Waals surface area contributed by atoms with Crippen LogP contribution in [0.15, 0.2) is 30.3 Å². The Balaban J connectivity index is 0. The van der Waals surface area contributed by atoms with E-state index < -0.39 is 0 Å². The van der Waals surface area contributed by atoms with Crippen molar-refractivity contribution in [3.05, 3.63) is 41.5 Å². The Morgan fingerprint density at radius 1 is 1.07 bits per heavy atom. The zero-order chi connectivity index (χ0) is 7.84. The summed E-state index contributed by atoms with van der Waals surface area (Å²) in [6.07, 6.45) is 0. The third-order valence-electron chi connectivity index (χ3n) is 2.15. The predicted molar refractivity (Wildman–Crippen MR) is 49.0 cm³/mol. The van der Waals surface area contributed by atoms with Crippen molar-refractivity contribution in [2.45, 2.75) is 13.8 Å². The summed E-state index contributed by atoms with van der Waals surface area (Å²) in [5.41, 5.74) is 2.72. The number of hydrogen-bond acceptors (Lipinski definition) is 0. The summed E-state index contributed by atoms with van der Waals surface area (Å²) < 4.78 is 0. The van der Waals surface area contributed by atoms with Crippen molar-refractivity contribution >= 4 is 10.8 Å². The first-order chi connectivity index (χ1) is 5.27. The average Bonchev–Trinajstić information content (AvgIpc) is 2.33. The number of rotatable bonds is 0. The number of benzene rings is 1. The Hall–Kier alpha value is 0.293.